The summed E-state index contributed by atoms with van der Waals surface area (Å²) < 4.78 is 2.10. The van der Waals surface area contributed by atoms with Gasteiger partial charge in [-0.1, -0.05) is 53.7 Å². The van der Waals surface area contributed by atoms with Gasteiger partial charge in [-0.15, -0.1) is 21.5 Å². The fourth-order valence-corrected chi connectivity index (χ4v) is 4.65. The molecule has 2 aromatic heterocycles. The number of amides is 1. The van der Waals surface area contributed by atoms with Crippen LogP contribution in [0.25, 0.3) is 11.4 Å². The van der Waals surface area contributed by atoms with Gasteiger partial charge in [-0.25, -0.2) is 4.98 Å². The normalized spacial score (nSPS) is 10.9. The molecule has 0 radical (unpaired) electrons. The maximum absolute atomic E-state index is 11.2. The van der Waals surface area contributed by atoms with E-state index < -0.39 is 0 Å². The third-order valence-corrected chi connectivity index (χ3v) is 6.25. The van der Waals surface area contributed by atoms with E-state index in [2.05, 4.69) is 37.2 Å². The zero-order valence-electron chi connectivity index (χ0n) is 16.1. The number of carbonyl (C=O) groups is 1. The number of aromatic nitrogens is 4. The molecule has 0 fully saturated rings. The second kappa shape index (κ2) is 9.42. The molecule has 1 amide bonds. The van der Waals surface area contributed by atoms with Gasteiger partial charge in [0, 0.05) is 28.6 Å². The van der Waals surface area contributed by atoms with Crippen molar-refractivity contribution in [2.45, 2.75) is 24.4 Å². The summed E-state index contributed by atoms with van der Waals surface area (Å²) >= 11 is 9.02. The van der Waals surface area contributed by atoms with Crippen molar-refractivity contribution < 1.29 is 4.79 Å². The molecule has 2 aromatic carbocycles. The van der Waals surface area contributed by atoms with Crippen molar-refractivity contribution in [2.24, 2.45) is 0 Å². The summed E-state index contributed by atoms with van der Waals surface area (Å²) in [4.78, 5) is 15.6. The molecular weight excluding hydrogens is 438 g/mol. The van der Waals surface area contributed by atoms with E-state index in [0.29, 0.717) is 22.5 Å². The Hall–Kier alpha value is -2.68. The first-order valence-corrected chi connectivity index (χ1v) is 11.4. The van der Waals surface area contributed by atoms with Crippen LogP contribution in [0, 0.1) is 0 Å². The van der Waals surface area contributed by atoms with Gasteiger partial charge in [0.25, 0.3) is 0 Å². The third kappa shape index (κ3) is 5.08. The van der Waals surface area contributed by atoms with Crippen LogP contribution >= 0.6 is 34.7 Å². The van der Waals surface area contributed by atoms with Crippen LogP contribution in [-0.2, 0) is 17.1 Å². The lowest BCUT2D eigenvalue weighted by atomic mass is 10.2. The lowest BCUT2D eigenvalue weighted by molar-refractivity contribution is -0.114. The minimum Gasteiger partial charge on any atom is -0.302 e. The molecule has 0 saturated carbocycles. The molecule has 6 nitrogen and oxygen atoms in total. The van der Waals surface area contributed by atoms with Gasteiger partial charge in [0.1, 0.15) is 0 Å². The van der Waals surface area contributed by atoms with E-state index in [1.165, 1.54) is 18.3 Å². The van der Waals surface area contributed by atoms with Crippen LogP contribution in [0.3, 0.4) is 0 Å². The molecule has 0 bridgehead atoms. The quantitative estimate of drug-likeness (QED) is 0.380. The SMILES string of the molecule is CC(=O)Nc1nc(CSc2nnc(-c3ccc(Cl)cc3)n2Cc2ccccc2)cs1. The highest BCUT2D eigenvalue weighted by Crippen LogP contribution is 2.29. The van der Waals surface area contributed by atoms with Gasteiger partial charge in [-0.05, 0) is 29.8 Å². The van der Waals surface area contributed by atoms with Crippen LogP contribution in [0.1, 0.15) is 18.2 Å². The van der Waals surface area contributed by atoms with Crippen molar-refractivity contribution >= 4 is 45.7 Å². The molecule has 0 aliphatic rings. The Balaban J connectivity index is 1.59. The average Bonchev–Trinajstić information content (AvgIpc) is 3.34. The van der Waals surface area contributed by atoms with Gasteiger partial charge in [0.05, 0.1) is 12.2 Å². The summed E-state index contributed by atoms with van der Waals surface area (Å²) in [6, 6.07) is 17.8. The standard InChI is InChI=1S/C21H18ClN5OS2/c1-14(28)23-20-24-18(12-29-20)13-30-21-26-25-19(16-7-9-17(22)10-8-16)27(21)11-15-5-3-2-4-6-15/h2-10,12H,11,13H2,1H3,(H,23,24,28). The summed E-state index contributed by atoms with van der Waals surface area (Å²) in [5.74, 6) is 1.29. The van der Waals surface area contributed by atoms with Crippen LogP contribution in [0.2, 0.25) is 5.02 Å². The number of carbonyl (C=O) groups excluding carboxylic acids is 1. The van der Waals surface area contributed by atoms with E-state index in [1.807, 2.05) is 47.8 Å². The van der Waals surface area contributed by atoms with E-state index in [0.717, 1.165) is 27.8 Å². The highest BCUT2D eigenvalue weighted by molar-refractivity contribution is 7.98. The molecule has 4 aromatic rings. The fourth-order valence-electron chi connectivity index (χ4n) is 2.84. The monoisotopic (exact) mass is 455 g/mol. The molecule has 0 aliphatic heterocycles. The maximum atomic E-state index is 11.2. The summed E-state index contributed by atoms with van der Waals surface area (Å²) in [6.45, 7) is 2.13. The molecule has 0 atom stereocenters. The number of anilines is 1. The van der Waals surface area contributed by atoms with Gasteiger partial charge >= 0.3 is 0 Å². The van der Waals surface area contributed by atoms with E-state index in [4.69, 9.17) is 11.6 Å². The second-order valence-corrected chi connectivity index (χ2v) is 8.74. The minimum atomic E-state index is -0.126. The lowest BCUT2D eigenvalue weighted by Gasteiger charge is -2.10. The van der Waals surface area contributed by atoms with Crippen LogP contribution in [-0.4, -0.2) is 25.7 Å². The van der Waals surface area contributed by atoms with E-state index in [1.54, 1.807) is 11.8 Å². The van der Waals surface area contributed by atoms with E-state index in [9.17, 15) is 4.79 Å². The van der Waals surface area contributed by atoms with Gasteiger partial charge in [-0.2, -0.15) is 0 Å². The van der Waals surface area contributed by atoms with Crippen molar-refractivity contribution in [3.8, 4) is 11.4 Å². The fraction of sp³-hybridized carbons (Fsp3) is 0.143. The Morgan fingerprint density at radius 3 is 2.63 bits per heavy atom. The molecule has 0 unspecified atom stereocenters. The Bertz CT molecular complexity index is 1140. The number of nitrogens with one attached hydrogen (secondary N) is 1. The largest absolute Gasteiger partial charge is 0.302 e. The highest BCUT2D eigenvalue weighted by Gasteiger charge is 2.16. The highest BCUT2D eigenvalue weighted by atomic mass is 35.5. The zero-order chi connectivity index (χ0) is 20.9. The smallest absolute Gasteiger partial charge is 0.223 e. The number of thioether (sulfide) groups is 1. The van der Waals surface area contributed by atoms with E-state index >= 15 is 0 Å². The van der Waals surface area contributed by atoms with Gasteiger partial charge in [0.2, 0.25) is 5.91 Å². The Kier molecular flexibility index (Phi) is 6.47. The number of halogens is 1. The second-order valence-electron chi connectivity index (χ2n) is 6.50. The Morgan fingerprint density at radius 2 is 1.90 bits per heavy atom. The molecule has 9 heteroatoms. The first-order chi connectivity index (χ1) is 14.6. The van der Waals surface area contributed by atoms with Crippen LogP contribution < -0.4 is 5.32 Å². The maximum Gasteiger partial charge on any atom is 0.223 e. The lowest BCUT2D eigenvalue weighted by Crippen LogP contribution is -2.05. The zero-order valence-corrected chi connectivity index (χ0v) is 18.5. The molecule has 0 spiro atoms. The Labute approximate surface area is 187 Å². The predicted molar refractivity (Wildman–Crippen MR) is 122 cm³/mol. The van der Waals surface area contributed by atoms with Crippen molar-refractivity contribution in [1.29, 1.82) is 0 Å². The topological polar surface area (TPSA) is 72.7 Å². The first kappa shape index (κ1) is 20.6. The number of nitrogens with zero attached hydrogens (tertiary/aromatic N) is 4. The number of hydrogen-bond donors (Lipinski definition) is 1. The third-order valence-electron chi connectivity index (χ3n) is 4.19. The molecule has 0 aliphatic carbocycles. The number of hydrogen-bond acceptors (Lipinski definition) is 6. The Morgan fingerprint density at radius 1 is 1.13 bits per heavy atom. The molecule has 4 rings (SSSR count). The van der Waals surface area contributed by atoms with Crippen LogP contribution in [0.4, 0.5) is 5.13 Å². The van der Waals surface area contributed by atoms with Gasteiger partial charge in [0.15, 0.2) is 16.1 Å². The van der Waals surface area contributed by atoms with Gasteiger partial charge in [-0.3, -0.25) is 9.36 Å². The molecule has 0 saturated heterocycles. The van der Waals surface area contributed by atoms with E-state index in [-0.39, 0.29) is 5.91 Å². The molecule has 1 N–H and O–H groups in total. The summed E-state index contributed by atoms with van der Waals surface area (Å²) in [5.41, 5.74) is 3.00. The minimum absolute atomic E-state index is 0.126. The molecular formula is C21H18ClN5OS2. The summed E-state index contributed by atoms with van der Waals surface area (Å²) in [7, 11) is 0. The van der Waals surface area contributed by atoms with Crippen molar-refractivity contribution in [3.63, 3.8) is 0 Å². The van der Waals surface area contributed by atoms with Gasteiger partial charge < -0.3 is 5.32 Å². The summed E-state index contributed by atoms with van der Waals surface area (Å²) in [6.07, 6.45) is 0. The number of rotatable bonds is 7. The predicted octanol–water partition coefficient (Wildman–Crippen LogP) is 5.35. The average molecular weight is 456 g/mol. The molecule has 152 valence electrons. The number of thiazole rings is 1. The van der Waals surface area contributed by atoms with Crippen molar-refractivity contribution in [3.05, 3.63) is 76.3 Å². The van der Waals surface area contributed by atoms with Crippen molar-refractivity contribution in [2.75, 3.05) is 5.32 Å². The van der Waals surface area contributed by atoms with Crippen molar-refractivity contribution in [1.82, 2.24) is 19.7 Å². The molecule has 2 heterocycles. The van der Waals surface area contributed by atoms with Crippen LogP contribution in [0.5, 0.6) is 0 Å². The summed E-state index contributed by atoms with van der Waals surface area (Å²) in [5, 5.41) is 15.6. The molecule has 30 heavy (non-hydrogen) atoms. The number of benzene rings is 2. The van der Waals surface area contributed by atoms with Crippen LogP contribution in [0.15, 0.2) is 65.1 Å². The first-order valence-electron chi connectivity index (χ1n) is 9.16.